The molecular formula is C40H47ClF3N11O5. The molecule has 60 heavy (non-hydrogen) atoms. The van der Waals surface area contributed by atoms with Gasteiger partial charge in [-0.3, -0.25) is 14.4 Å². The standard InChI is InChI=1S/C40H47ClF3N11O5/c1-50(2)21-25-4-7-33(46-19-25)54-22-30(35(49-54)40(42,43)44)32-20-47-36(51(32)3)37(58)48-28-5-6-29(31(41)16-28)39(60)53-12-10-52(11-13-53)38(59)27-8-14-55(15-9-27,24-34(56)57)23-26-17-45-18-26/h4-7,16,19-20,22,26-27,45H,8-15,17-18,21,23-24H2,1-3H3,(H-,48,56,57,58,60). The van der Waals surface area contributed by atoms with E-state index in [2.05, 4.69) is 25.7 Å². The molecule has 16 nitrogen and oxygen atoms in total. The molecule has 0 radical (unpaired) electrons. The first kappa shape index (κ1) is 42.7. The summed E-state index contributed by atoms with van der Waals surface area (Å²) in [4.78, 5) is 65.7. The lowest BCUT2D eigenvalue weighted by atomic mass is 9.90. The Hall–Kier alpha value is -5.37. The Morgan fingerprint density at radius 2 is 1.70 bits per heavy atom. The number of rotatable bonds is 12. The molecule has 0 aliphatic carbocycles. The largest absolute Gasteiger partial charge is 0.544 e. The molecule has 0 saturated carbocycles. The molecule has 4 aromatic rings. The van der Waals surface area contributed by atoms with Crippen LogP contribution in [0.1, 0.15) is 45.1 Å². The Bertz CT molecular complexity index is 2240. The number of aliphatic carboxylic acids is 1. The number of aromatic nitrogens is 5. The zero-order valence-corrected chi connectivity index (χ0v) is 34.3. The van der Waals surface area contributed by atoms with Crippen LogP contribution in [0.5, 0.6) is 0 Å². The molecule has 3 aromatic heterocycles. The molecule has 3 fully saturated rings. The predicted octanol–water partition coefficient (Wildman–Crippen LogP) is 2.13. The first-order valence-corrected chi connectivity index (χ1v) is 20.1. The molecule has 20 heteroatoms. The van der Waals surface area contributed by atoms with Gasteiger partial charge < -0.3 is 44.3 Å². The topological polar surface area (TPSA) is 174 Å². The molecule has 3 aliphatic rings. The van der Waals surface area contributed by atoms with Gasteiger partial charge in [0.25, 0.3) is 11.8 Å². The van der Waals surface area contributed by atoms with Crippen LogP contribution in [-0.4, -0.2) is 147 Å². The minimum Gasteiger partial charge on any atom is -0.544 e. The Morgan fingerprint density at radius 3 is 2.28 bits per heavy atom. The van der Waals surface area contributed by atoms with Crippen molar-refractivity contribution in [2.24, 2.45) is 18.9 Å². The average molecular weight is 854 g/mol. The van der Waals surface area contributed by atoms with Gasteiger partial charge in [-0.15, -0.1) is 0 Å². The Balaban J connectivity index is 0.956. The number of piperazine rings is 1. The fourth-order valence-corrected chi connectivity index (χ4v) is 8.61. The average Bonchev–Trinajstić information content (AvgIpc) is 3.80. The van der Waals surface area contributed by atoms with Crippen LogP contribution >= 0.6 is 11.6 Å². The highest BCUT2D eigenvalue weighted by Crippen LogP contribution is 2.37. The summed E-state index contributed by atoms with van der Waals surface area (Å²) < 4.78 is 45.4. The van der Waals surface area contributed by atoms with E-state index in [0.717, 1.165) is 36.1 Å². The van der Waals surface area contributed by atoms with E-state index in [1.807, 2.05) is 19.0 Å². The summed E-state index contributed by atoms with van der Waals surface area (Å²) >= 11 is 6.56. The van der Waals surface area contributed by atoms with E-state index < -0.39 is 23.7 Å². The number of quaternary nitrogens is 1. The van der Waals surface area contributed by atoms with E-state index >= 15 is 0 Å². The summed E-state index contributed by atoms with van der Waals surface area (Å²) in [6, 6.07) is 7.71. The number of nitrogens with one attached hydrogen (secondary N) is 2. The first-order valence-electron chi connectivity index (χ1n) is 19.7. The van der Waals surface area contributed by atoms with Crippen LogP contribution in [0, 0.1) is 11.8 Å². The Morgan fingerprint density at radius 1 is 1.00 bits per heavy atom. The van der Waals surface area contributed by atoms with E-state index in [1.165, 1.54) is 36.0 Å². The number of anilines is 1. The molecular weight excluding hydrogens is 807 g/mol. The smallest absolute Gasteiger partial charge is 0.435 e. The highest BCUT2D eigenvalue weighted by atomic mass is 35.5. The van der Waals surface area contributed by atoms with Crippen molar-refractivity contribution in [1.82, 2.24) is 44.3 Å². The normalized spacial score (nSPS) is 20.0. The zero-order chi connectivity index (χ0) is 42.9. The molecule has 0 bridgehead atoms. The van der Waals surface area contributed by atoms with Crippen molar-refractivity contribution in [1.29, 1.82) is 0 Å². The molecule has 6 heterocycles. The number of hydrogen-bond acceptors (Lipinski definition) is 10. The van der Waals surface area contributed by atoms with Crippen molar-refractivity contribution in [2.75, 3.05) is 84.9 Å². The van der Waals surface area contributed by atoms with Crippen molar-refractivity contribution in [3.8, 4) is 17.1 Å². The van der Waals surface area contributed by atoms with Crippen LogP contribution in [0.3, 0.4) is 0 Å². The summed E-state index contributed by atoms with van der Waals surface area (Å²) in [5.41, 5.74) is -0.173. The number of imidazole rings is 1. The summed E-state index contributed by atoms with van der Waals surface area (Å²) in [5.74, 6) is -1.90. The molecule has 0 atom stereocenters. The van der Waals surface area contributed by atoms with Crippen LogP contribution < -0.4 is 15.7 Å². The molecule has 1 aromatic carbocycles. The number of amides is 3. The van der Waals surface area contributed by atoms with Gasteiger partial charge in [0.2, 0.25) is 5.91 Å². The second-order valence-corrected chi connectivity index (χ2v) is 16.6. The van der Waals surface area contributed by atoms with Gasteiger partial charge in [-0.1, -0.05) is 17.7 Å². The first-order chi connectivity index (χ1) is 28.5. The molecule has 3 amide bonds. The van der Waals surface area contributed by atoms with Crippen LogP contribution in [0.15, 0.2) is 48.9 Å². The lowest BCUT2D eigenvalue weighted by Crippen LogP contribution is -2.63. The maximum absolute atomic E-state index is 14.2. The Labute approximate surface area is 349 Å². The van der Waals surface area contributed by atoms with Gasteiger partial charge in [0.1, 0.15) is 6.54 Å². The predicted molar refractivity (Wildman–Crippen MR) is 212 cm³/mol. The third-order valence-corrected chi connectivity index (χ3v) is 11.9. The van der Waals surface area contributed by atoms with Crippen molar-refractivity contribution in [2.45, 2.75) is 25.6 Å². The van der Waals surface area contributed by atoms with Crippen LogP contribution in [0.25, 0.3) is 17.1 Å². The second-order valence-electron chi connectivity index (χ2n) is 16.2. The molecule has 3 aliphatic heterocycles. The lowest BCUT2D eigenvalue weighted by Gasteiger charge is -2.47. The number of carbonyl (C=O) groups is 4. The summed E-state index contributed by atoms with van der Waals surface area (Å²) in [5, 5.41) is 21.3. The van der Waals surface area contributed by atoms with E-state index in [-0.39, 0.29) is 63.5 Å². The number of hydrogen-bond donors (Lipinski definition) is 2. The molecule has 7 rings (SSSR count). The maximum atomic E-state index is 14.2. The van der Waals surface area contributed by atoms with E-state index in [9.17, 15) is 37.5 Å². The molecule has 0 unspecified atom stereocenters. The molecule has 0 spiro atoms. The van der Waals surface area contributed by atoms with Crippen LogP contribution in [0.2, 0.25) is 5.02 Å². The number of carbonyl (C=O) groups excluding carboxylic acids is 4. The van der Waals surface area contributed by atoms with Gasteiger partial charge in [0, 0.05) is 95.6 Å². The summed E-state index contributed by atoms with van der Waals surface area (Å²) in [6.07, 6.45) is 0.301. The third-order valence-electron chi connectivity index (χ3n) is 11.6. The fourth-order valence-electron chi connectivity index (χ4n) is 8.35. The number of carboxylic acid groups (broad SMARTS) is 1. The number of nitrogens with zero attached hydrogens (tertiary/aromatic N) is 9. The number of halogens is 4. The number of alkyl halides is 3. The number of carboxylic acids is 1. The third kappa shape index (κ3) is 9.33. The summed E-state index contributed by atoms with van der Waals surface area (Å²) in [7, 11) is 5.19. The quantitative estimate of drug-likeness (QED) is 0.201. The SMILES string of the molecule is CN(C)Cc1ccc(-n2cc(-c3cnc(C(=O)Nc4ccc(C(=O)N5CCN(C(=O)C6CC[N+](CC(=O)[O-])(CC7CNC7)CC6)CC5)c(Cl)c4)n3C)c(C(F)(F)F)n2)nc1. The van der Waals surface area contributed by atoms with Crippen molar-refractivity contribution in [3.05, 3.63) is 76.6 Å². The molecule has 3 saturated heterocycles. The fraction of sp³-hybridized carbons (Fsp3) is 0.475. The summed E-state index contributed by atoms with van der Waals surface area (Å²) in [6.45, 7) is 5.56. The van der Waals surface area contributed by atoms with Gasteiger partial charge in [0.15, 0.2) is 17.3 Å². The Kier molecular flexibility index (Phi) is 12.3. The number of likely N-dealkylation sites (tertiary alicyclic amines) is 1. The van der Waals surface area contributed by atoms with Gasteiger partial charge in [0.05, 0.1) is 53.6 Å². The lowest BCUT2D eigenvalue weighted by molar-refractivity contribution is -0.931. The highest BCUT2D eigenvalue weighted by Gasteiger charge is 2.42. The van der Waals surface area contributed by atoms with Crippen molar-refractivity contribution < 1.29 is 41.9 Å². The zero-order valence-electron chi connectivity index (χ0n) is 33.5. The van der Waals surface area contributed by atoms with E-state index in [0.29, 0.717) is 69.1 Å². The molecule has 320 valence electrons. The minimum atomic E-state index is -4.82. The maximum Gasteiger partial charge on any atom is 0.435 e. The minimum absolute atomic E-state index is 0.00516. The second kappa shape index (κ2) is 17.3. The van der Waals surface area contributed by atoms with Gasteiger partial charge in [-0.05, 0) is 43.9 Å². The number of benzene rings is 1. The van der Waals surface area contributed by atoms with Gasteiger partial charge in [-0.25, -0.2) is 14.6 Å². The van der Waals surface area contributed by atoms with Crippen molar-refractivity contribution >= 4 is 41.0 Å². The van der Waals surface area contributed by atoms with Gasteiger partial charge in [-0.2, -0.15) is 18.3 Å². The van der Waals surface area contributed by atoms with E-state index in [4.69, 9.17) is 11.6 Å². The monoisotopic (exact) mass is 853 g/mol. The van der Waals surface area contributed by atoms with Crippen LogP contribution in [-0.2, 0) is 29.4 Å². The number of piperidine rings is 1. The molecule has 2 N–H and O–H groups in total. The highest BCUT2D eigenvalue weighted by molar-refractivity contribution is 6.34. The number of pyridine rings is 1. The van der Waals surface area contributed by atoms with Gasteiger partial charge >= 0.3 is 6.18 Å². The van der Waals surface area contributed by atoms with Crippen molar-refractivity contribution in [3.63, 3.8) is 0 Å². The van der Waals surface area contributed by atoms with E-state index in [1.54, 1.807) is 28.1 Å². The van der Waals surface area contributed by atoms with Crippen LogP contribution in [0.4, 0.5) is 18.9 Å².